The Morgan fingerprint density at radius 2 is 1.75 bits per heavy atom. The molecule has 4 rings (SSSR count). The number of anilines is 1. The fraction of sp³-hybridized carbons (Fsp3) is 0.211. The van der Waals surface area contributed by atoms with Gasteiger partial charge in [-0.2, -0.15) is 4.57 Å². The van der Waals surface area contributed by atoms with Crippen molar-refractivity contribution in [2.75, 3.05) is 18.5 Å². The maximum absolute atomic E-state index is 9.06. The zero-order valence-electron chi connectivity index (χ0n) is 13.4. The summed E-state index contributed by atoms with van der Waals surface area (Å²) in [7, 11) is 2.07. The van der Waals surface area contributed by atoms with Crippen LogP contribution >= 0.6 is 0 Å². The highest BCUT2D eigenvalue weighted by Crippen LogP contribution is 2.35. The predicted octanol–water partition coefficient (Wildman–Crippen LogP) is 0.362. The van der Waals surface area contributed by atoms with Gasteiger partial charge in [0.2, 0.25) is 11.1 Å². The number of benzene rings is 2. The monoisotopic (exact) mass is 434 g/mol. The number of halogens is 1. The van der Waals surface area contributed by atoms with Crippen molar-refractivity contribution in [3.05, 3.63) is 48.5 Å². The summed E-state index contributed by atoms with van der Waals surface area (Å²) in [5.41, 5.74) is 4.99. The number of pyridine rings is 1. The van der Waals surface area contributed by atoms with Gasteiger partial charge in [-0.3, -0.25) is 0 Å². The number of aliphatic hydroxyl groups excluding tert-OH is 1. The summed E-state index contributed by atoms with van der Waals surface area (Å²) in [6.07, 6.45) is 0.705. The van der Waals surface area contributed by atoms with Gasteiger partial charge in [0.15, 0.2) is 0 Å². The van der Waals surface area contributed by atoms with E-state index in [2.05, 4.69) is 35.1 Å². The van der Waals surface area contributed by atoms with Gasteiger partial charge in [0.25, 0.3) is 5.52 Å². The maximum Gasteiger partial charge on any atom is 0.261 e. The number of aryl methyl sites for hydroxylation is 1. The van der Waals surface area contributed by atoms with E-state index in [1.165, 1.54) is 0 Å². The van der Waals surface area contributed by atoms with Crippen LogP contribution in [0.25, 0.3) is 33.0 Å². The molecule has 0 aliphatic rings. The molecule has 4 nitrogen and oxygen atoms in total. The summed E-state index contributed by atoms with van der Waals surface area (Å²) in [6.45, 7) is 0.884. The molecule has 0 saturated heterocycles. The number of nitrogens with one attached hydrogen (secondary N) is 1. The summed E-state index contributed by atoms with van der Waals surface area (Å²) in [6, 6.07) is 16.4. The zero-order valence-corrected chi connectivity index (χ0v) is 15.6. The van der Waals surface area contributed by atoms with E-state index in [-0.39, 0.29) is 30.6 Å². The van der Waals surface area contributed by atoms with E-state index in [9.17, 15) is 0 Å². The number of aromatic nitrogens is 1. The lowest BCUT2D eigenvalue weighted by Crippen LogP contribution is -3.00. The molecule has 0 atom stereocenters. The molecule has 0 unspecified atom stereocenters. The molecule has 0 fully saturated rings. The van der Waals surface area contributed by atoms with Crippen LogP contribution in [-0.2, 0) is 7.05 Å². The Kier molecular flexibility index (Phi) is 4.91. The Hall–Kier alpha value is -1.86. The molecule has 5 heteroatoms. The molecule has 2 aromatic heterocycles. The van der Waals surface area contributed by atoms with Gasteiger partial charge in [0, 0.05) is 19.2 Å². The third kappa shape index (κ3) is 2.61. The van der Waals surface area contributed by atoms with Crippen molar-refractivity contribution < 1.29 is 38.1 Å². The van der Waals surface area contributed by atoms with Gasteiger partial charge in [-0.05, 0) is 24.6 Å². The molecule has 24 heavy (non-hydrogen) atoms. The Morgan fingerprint density at radius 1 is 1.04 bits per heavy atom. The smallest absolute Gasteiger partial charge is 0.261 e. The van der Waals surface area contributed by atoms with Crippen molar-refractivity contribution in [2.24, 2.45) is 7.05 Å². The van der Waals surface area contributed by atoms with Crippen molar-refractivity contribution >= 4 is 38.7 Å². The van der Waals surface area contributed by atoms with Crippen molar-refractivity contribution in [1.82, 2.24) is 0 Å². The van der Waals surface area contributed by atoms with Crippen LogP contribution in [0.2, 0.25) is 0 Å². The number of hydrogen-bond donors (Lipinski definition) is 2. The largest absolute Gasteiger partial charge is 1.00 e. The van der Waals surface area contributed by atoms with E-state index in [0.717, 1.165) is 38.7 Å². The average molecular weight is 434 g/mol. The average Bonchev–Trinajstić information content (AvgIpc) is 2.97. The van der Waals surface area contributed by atoms with Crippen LogP contribution in [0.3, 0.4) is 0 Å². The Bertz CT molecular complexity index is 1010. The van der Waals surface area contributed by atoms with Crippen LogP contribution in [0.4, 0.5) is 5.69 Å². The Morgan fingerprint density at radius 3 is 2.54 bits per heavy atom. The van der Waals surface area contributed by atoms with Gasteiger partial charge in [-0.25, -0.2) is 0 Å². The highest BCUT2D eigenvalue weighted by Gasteiger charge is 2.23. The lowest BCUT2D eigenvalue weighted by Gasteiger charge is -2.09. The van der Waals surface area contributed by atoms with Crippen molar-refractivity contribution in [3.63, 3.8) is 0 Å². The lowest BCUT2D eigenvalue weighted by atomic mass is 10.1. The van der Waals surface area contributed by atoms with Crippen molar-refractivity contribution in [3.8, 4) is 0 Å². The van der Waals surface area contributed by atoms with E-state index in [1.807, 2.05) is 30.3 Å². The number of para-hydroxylation sites is 2. The zero-order chi connectivity index (χ0) is 15.8. The minimum absolute atomic E-state index is 0. The molecule has 4 aromatic rings. The molecule has 0 bridgehead atoms. The van der Waals surface area contributed by atoms with Crippen LogP contribution in [0.15, 0.2) is 52.9 Å². The van der Waals surface area contributed by atoms with E-state index in [0.29, 0.717) is 13.0 Å². The standard InChI is InChI=1S/C19H18N2O2.HI/c1-21-15-9-4-2-7-13(15)17(20-11-6-12-22)19-18(21)14-8-3-5-10-16(14)23-19;/h2-5,7-10,22H,6,11-12H2,1H3;1H. The number of fused-ring (bicyclic) bond motifs is 4. The minimum Gasteiger partial charge on any atom is -1.00 e. The van der Waals surface area contributed by atoms with Gasteiger partial charge < -0.3 is 38.8 Å². The highest BCUT2D eigenvalue weighted by atomic mass is 127. The van der Waals surface area contributed by atoms with Crippen LogP contribution in [0.5, 0.6) is 0 Å². The third-order valence-electron chi connectivity index (χ3n) is 4.30. The third-order valence-corrected chi connectivity index (χ3v) is 4.30. The van der Waals surface area contributed by atoms with E-state index >= 15 is 0 Å². The number of aliphatic hydroxyl groups is 1. The van der Waals surface area contributed by atoms with E-state index in [1.54, 1.807) is 0 Å². The summed E-state index contributed by atoms with van der Waals surface area (Å²) >= 11 is 0. The molecule has 0 amide bonds. The first-order valence-corrected chi connectivity index (χ1v) is 7.88. The van der Waals surface area contributed by atoms with Gasteiger partial charge in [-0.15, -0.1) is 0 Å². The van der Waals surface area contributed by atoms with Gasteiger partial charge in [0.05, 0.1) is 16.5 Å². The second-order valence-electron chi connectivity index (χ2n) is 5.73. The molecule has 2 N–H and O–H groups in total. The summed E-state index contributed by atoms with van der Waals surface area (Å²) < 4.78 is 8.35. The lowest BCUT2D eigenvalue weighted by molar-refractivity contribution is -0.616. The first kappa shape index (κ1) is 17.0. The van der Waals surface area contributed by atoms with Crippen molar-refractivity contribution in [2.45, 2.75) is 6.42 Å². The van der Waals surface area contributed by atoms with E-state index < -0.39 is 0 Å². The first-order chi connectivity index (χ1) is 11.3. The topological polar surface area (TPSA) is 49.3 Å². The van der Waals surface area contributed by atoms with Gasteiger partial charge >= 0.3 is 0 Å². The second-order valence-corrected chi connectivity index (χ2v) is 5.73. The molecule has 0 spiro atoms. The minimum atomic E-state index is 0. The Labute approximate surface area is 157 Å². The number of nitrogens with zero attached hydrogens (tertiary/aromatic N) is 1. The van der Waals surface area contributed by atoms with Crippen LogP contribution in [0, 0.1) is 0 Å². The number of rotatable bonds is 4. The summed E-state index contributed by atoms with van der Waals surface area (Å²) in [4.78, 5) is 0. The molecule has 124 valence electrons. The SMILES string of the molecule is C[n+]1c2ccccc2c(NCCCO)c2oc3ccccc3c21.[I-]. The van der Waals surface area contributed by atoms with Gasteiger partial charge in [0.1, 0.15) is 12.6 Å². The number of hydrogen-bond acceptors (Lipinski definition) is 3. The fourth-order valence-electron chi connectivity index (χ4n) is 3.22. The molecule has 0 aliphatic carbocycles. The normalized spacial score (nSPS) is 11.1. The molecule has 2 heterocycles. The molecular formula is C19H19IN2O2. The predicted molar refractivity (Wildman–Crippen MR) is 92.6 cm³/mol. The van der Waals surface area contributed by atoms with Crippen LogP contribution in [-0.4, -0.2) is 18.3 Å². The molecule has 0 aliphatic heterocycles. The fourth-order valence-corrected chi connectivity index (χ4v) is 3.22. The van der Waals surface area contributed by atoms with Crippen molar-refractivity contribution in [1.29, 1.82) is 0 Å². The molecule has 0 radical (unpaired) electrons. The first-order valence-electron chi connectivity index (χ1n) is 7.88. The van der Waals surface area contributed by atoms with Gasteiger partial charge in [-0.1, -0.05) is 24.3 Å². The Balaban J connectivity index is 0.00000169. The summed E-state index contributed by atoms with van der Waals surface area (Å²) in [5, 5.41) is 14.8. The summed E-state index contributed by atoms with van der Waals surface area (Å²) in [5.74, 6) is 0. The van der Waals surface area contributed by atoms with E-state index in [4.69, 9.17) is 9.52 Å². The van der Waals surface area contributed by atoms with Crippen LogP contribution in [0.1, 0.15) is 6.42 Å². The van der Waals surface area contributed by atoms with Crippen LogP contribution < -0.4 is 33.9 Å². The maximum atomic E-state index is 9.06. The number of furan rings is 1. The highest BCUT2D eigenvalue weighted by molar-refractivity contribution is 6.11. The quantitative estimate of drug-likeness (QED) is 0.277. The second kappa shape index (κ2) is 6.94. The molecule has 2 aromatic carbocycles. The molecule has 0 saturated carbocycles. The molecular weight excluding hydrogens is 415 g/mol.